The molecule has 3 aromatic rings. The number of rotatable bonds is 5. The van der Waals surface area contributed by atoms with Crippen molar-refractivity contribution in [2.24, 2.45) is 0 Å². The largest absolute Gasteiger partial charge is 0.378 e. The summed E-state index contributed by atoms with van der Waals surface area (Å²) in [5, 5.41) is 10.7. The van der Waals surface area contributed by atoms with Crippen molar-refractivity contribution in [2.75, 3.05) is 7.05 Å². The minimum Gasteiger partial charge on any atom is -0.378 e. The van der Waals surface area contributed by atoms with Gasteiger partial charge in [-0.05, 0) is 61.9 Å². The Morgan fingerprint density at radius 1 is 1.04 bits per heavy atom. The van der Waals surface area contributed by atoms with Crippen LogP contribution in [-0.2, 0) is 6.42 Å². The van der Waals surface area contributed by atoms with Crippen molar-refractivity contribution in [3.05, 3.63) is 70.1 Å². The molecule has 0 aliphatic heterocycles. The number of hydrogen-bond acceptors (Lipinski definition) is 3. The second-order valence-corrected chi connectivity index (χ2v) is 7.73. The number of nitrogens with one attached hydrogen (secondary N) is 2. The summed E-state index contributed by atoms with van der Waals surface area (Å²) >= 11 is 0. The molecule has 1 aliphatic rings. The summed E-state index contributed by atoms with van der Waals surface area (Å²) in [6.07, 6.45) is 4.59. The van der Waals surface area contributed by atoms with Crippen LogP contribution in [0.2, 0.25) is 0 Å². The van der Waals surface area contributed by atoms with Gasteiger partial charge in [-0.15, -0.1) is 0 Å². The first-order valence-corrected chi connectivity index (χ1v) is 9.76. The minimum absolute atomic E-state index is 0.199. The van der Waals surface area contributed by atoms with E-state index in [1.165, 1.54) is 18.4 Å². The molecule has 3 N–H and O–H groups in total. The molecule has 5 nitrogen and oxygen atoms in total. The van der Waals surface area contributed by atoms with E-state index in [2.05, 4.69) is 45.2 Å². The first-order valence-electron chi connectivity index (χ1n) is 9.76. The van der Waals surface area contributed by atoms with Crippen LogP contribution >= 0.6 is 0 Å². The van der Waals surface area contributed by atoms with Gasteiger partial charge in [0.1, 0.15) is 6.23 Å². The number of aliphatic hydroxyl groups is 1. The molecule has 0 radical (unpaired) electrons. The average Bonchev–Trinajstić information content (AvgIpc) is 3.07. The van der Waals surface area contributed by atoms with Crippen LogP contribution in [0.25, 0.3) is 11.0 Å². The third kappa shape index (κ3) is 3.99. The number of hydrogen-bond donors (Lipinski definition) is 3. The van der Waals surface area contributed by atoms with E-state index in [9.17, 15) is 9.90 Å². The number of likely N-dealkylation sites (N-methyl/N-ethyl adjacent to an activating group) is 1. The lowest BCUT2D eigenvalue weighted by molar-refractivity contribution is -0.0162. The zero-order chi connectivity index (χ0) is 18.8. The molecule has 1 atom stereocenters. The van der Waals surface area contributed by atoms with Crippen LogP contribution in [-0.4, -0.2) is 39.3 Å². The summed E-state index contributed by atoms with van der Waals surface area (Å²) in [5.74, 6) is 0.640. The molecule has 0 saturated heterocycles. The maximum atomic E-state index is 11.4. The van der Waals surface area contributed by atoms with E-state index in [1.54, 1.807) is 0 Å². The van der Waals surface area contributed by atoms with Gasteiger partial charge in [-0.3, -0.25) is 4.90 Å². The van der Waals surface area contributed by atoms with Crippen molar-refractivity contribution in [3.63, 3.8) is 0 Å². The number of fused-ring (bicyclic) bond motifs is 1. The normalized spacial score (nSPS) is 21.6. The van der Waals surface area contributed by atoms with Crippen molar-refractivity contribution in [3.8, 4) is 0 Å². The van der Waals surface area contributed by atoms with Gasteiger partial charge in [0.15, 0.2) is 0 Å². The monoisotopic (exact) mass is 365 g/mol. The summed E-state index contributed by atoms with van der Waals surface area (Å²) in [4.78, 5) is 19.0. The molecule has 2 aromatic carbocycles. The molecule has 0 bridgehead atoms. The van der Waals surface area contributed by atoms with Crippen molar-refractivity contribution in [2.45, 2.75) is 50.3 Å². The molecule has 1 heterocycles. The fraction of sp³-hybridized carbons (Fsp3) is 0.409. The zero-order valence-electron chi connectivity index (χ0n) is 15.7. The smallest absolute Gasteiger partial charge is 0.323 e. The first kappa shape index (κ1) is 18.0. The lowest BCUT2D eigenvalue weighted by atomic mass is 9.81. The molecule has 1 fully saturated rings. The number of benzene rings is 2. The van der Waals surface area contributed by atoms with Gasteiger partial charge >= 0.3 is 5.69 Å². The van der Waals surface area contributed by atoms with E-state index in [-0.39, 0.29) is 5.69 Å². The summed E-state index contributed by atoms with van der Waals surface area (Å²) in [6, 6.07) is 17.0. The Labute approximate surface area is 159 Å². The molecule has 0 amide bonds. The lowest BCUT2D eigenvalue weighted by Gasteiger charge is -2.37. The minimum atomic E-state index is -0.522. The Hall–Kier alpha value is -2.37. The first-order chi connectivity index (χ1) is 13.1. The van der Waals surface area contributed by atoms with Gasteiger partial charge < -0.3 is 15.1 Å². The molecule has 1 aromatic heterocycles. The molecule has 1 saturated carbocycles. The lowest BCUT2D eigenvalue weighted by Crippen LogP contribution is -2.43. The van der Waals surface area contributed by atoms with Crippen molar-refractivity contribution >= 4 is 11.0 Å². The zero-order valence-corrected chi connectivity index (χ0v) is 15.7. The number of imidazole rings is 1. The van der Waals surface area contributed by atoms with Crippen LogP contribution in [0.15, 0.2) is 53.3 Å². The molecule has 0 spiro atoms. The maximum absolute atomic E-state index is 11.4. The van der Waals surface area contributed by atoms with Crippen LogP contribution in [0.5, 0.6) is 0 Å². The second-order valence-electron chi connectivity index (χ2n) is 7.73. The highest BCUT2D eigenvalue weighted by Gasteiger charge is 2.27. The van der Waals surface area contributed by atoms with Crippen LogP contribution < -0.4 is 5.69 Å². The standard InChI is InChI=1S/C22H27N3O2/c1-25(18-10-8-17(9-11-18)16-5-3-2-4-6-16)21(26)14-15-7-12-19-20(13-15)24-22(27)23-19/h2-7,12-13,17-18,21,26H,8-11,14H2,1H3,(H2,23,24,27). The summed E-state index contributed by atoms with van der Waals surface area (Å²) in [6.45, 7) is 0. The highest BCUT2D eigenvalue weighted by Crippen LogP contribution is 2.34. The SMILES string of the molecule is CN(C(O)Cc1ccc2[nH]c(=O)[nH]c2c1)C1CCC(c2ccccc2)CC1. The fourth-order valence-corrected chi connectivity index (χ4v) is 4.35. The molecule has 5 heteroatoms. The van der Waals surface area contributed by atoms with E-state index in [4.69, 9.17) is 0 Å². The van der Waals surface area contributed by atoms with Gasteiger partial charge in [0.05, 0.1) is 11.0 Å². The topological polar surface area (TPSA) is 72.1 Å². The Balaban J connectivity index is 1.36. The number of nitrogens with zero attached hydrogens (tertiary/aromatic N) is 1. The second kappa shape index (κ2) is 7.71. The van der Waals surface area contributed by atoms with Crippen LogP contribution in [0.4, 0.5) is 0 Å². The predicted octanol–water partition coefficient (Wildman–Crippen LogP) is 3.38. The Morgan fingerprint density at radius 2 is 1.74 bits per heavy atom. The fourth-order valence-electron chi connectivity index (χ4n) is 4.35. The third-order valence-corrected chi connectivity index (χ3v) is 6.01. The Morgan fingerprint density at radius 3 is 2.48 bits per heavy atom. The van der Waals surface area contributed by atoms with E-state index < -0.39 is 6.23 Å². The number of aliphatic hydroxyl groups excluding tert-OH is 1. The van der Waals surface area contributed by atoms with Gasteiger partial charge in [0.25, 0.3) is 0 Å². The van der Waals surface area contributed by atoms with E-state index in [0.717, 1.165) is 29.4 Å². The maximum Gasteiger partial charge on any atom is 0.323 e. The Kier molecular flexibility index (Phi) is 5.14. The summed E-state index contributed by atoms with van der Waals surface area (Å²) in [7, 11) is 2.02. The van der Waals surface area contributed by atoms with Crippen LogP contribution in [0, 0.1) is 0 Å². The number of aromatic amines is 2. The van der Waals surface area contributed by atoms with Gasteiger partial charge in [-0.1, -0.05) is 36.4 Å². The Bertz CT molecular complexity index is 939. The van der Waals surface area contributed by atoms with Crippen LogP contribution in [0.1, 0.15) is 42.7 Å². The number of H-pyrrole nitrogens is 2. The molecular weight excluding hydrogens is 338 g/mol. The predicted molar refractivity (Wildman–Crippen MR) is 108 cm³/mol. The van der Waals surface area contributed by atoms with Crippen molar-refractivity contribution in [1.82, 2.24) is 14.9 Å². The molecule has 1 aliphatic carbocycles. The average molecular weight is 365 g/mol. The van der Waals surface area contributed by atoms with E-state index >= 15 is 0 Å². The summed E-state index contributed by atoms with van der Waals surface area (Å²) < 4.78 is 0. The van der Waals surface area contributed by atoms with E-state index in [0.29, 0.717) is 18.4 Å². The van der Waals surface area contributed by atoms with Crippen LogP contribution in [0.3, 0.4) is 0 Å². The molecule has 142 valence electrons. The van der Waals surface area contributed by atoms with Gasteiger partial charge in [0.2, 0.25) is 0 Å². The highest BCUT2D eigenvalue weighted by atomic mass is 16.3. The molecule has 1 unspecified atom stereocenters. The molecule has 4 rings (SSSR count). The highest BCUT2D eigenvalue weighted by molar-refractivity contribution is 5.75. The molecule has 27 heavy (non-hydrogen) atoms. The number of aromatic nitrogens is 2. The van der Waals surface area contributed by atoms with Crippen molar-refractivity contribution < 1.29 is 5.11 Å². The summed E-state index contributed by atoms with van der Waals surface area (Å²) in [5.41, 5.74) is 3.85. The molecular formula is C22H27N3O2. The van der Waals surface area contributed by atoms with Gasteiger partial charge in [-0.2, -0.15) is 0 Å². The van der Waals surface area contributed by atoms with Gasteiger partial charge in [-0.25, -0.2) is 4.79 Å². The van der Waals surface area contributed by atoms with Gasteiger partial charge in [0, 0.05) is 12.5 Å². The van der Waals surface area contributed by atoms with Crippen molar-refractivity contribution in [1.29, 1.82) is 0 Å². The quantitative estimate of drug-likeness (QED) is 0.607. The third-order valence-electron chi connectivity index (χ3n) is 6.01. The van der Waals surface area contributed by atoms with E-state index in [1.807, 2.05) is 25.2 Å².